The molecular weight excluding hydrogens is 318 g/mol. The second kappa shape index (κ2) is 7.22. The Bertz CT molecular complexity index is 630. The molecule has 0 radical (unpaired) electrons. The minimum absolute atomic E-state index is 0.00332. The molecule has 0 aliphatic heterocycles. The minimum atomic E-state index is -4.02. The lowest BCUT2D eigenvalue weighted by atomic mass is 10.1. The van der Waals surface area contributed by atoms with Crippen LogP contribution in [0.2, 0.25) is 5.02 Å². The van der Waals surface area contributed by atoms with E-state index in [-0.39, 0.29) is 22.1 Å². The molecule has 2 N–H and O–H groups in total. The molecule has 0 aliphatic carbocycles. The van der Waals surface area contributed by atoms with Crippen molar-refractivity contribution in [3.05, 3.63) is 28.3 Å². The molecule has 0 bridgehead atoms. The third-order valence-electron chi connectivity index (χ3n) is 2.63. The molecule has 0 aromatic heterocycles. The molecule has 1 rings (SSSR count). The number of hydrogen-bond acceptors (Lipinski definition) is 5. The molecule has 0 heterocycles. The maximum Gasteiger partial charge on any atom is 0.338 e. The number of ether oxygens (including phenoxy) is 2. The minimum Gasteiger partial charge on any atom is -0.457 e. The van der Waals surface area contributed by atoms with E-state index in [1.165, 1.54) is 6.07 Å². The van der Waals surface area contributed by atoms with Crippen molar-refractivity contribution in [3.63, 3.8) is 0 Å². The summed E-state index contributed by atoms with van der Waals surface area (Å²) in [6.45, 7) is 5.86. The van der Waals surface area contributed by atoms with Gasteiger partial charge in [0.2, 0.25) is 10.0 Å². The number of carbonyl (C=O) groups is 1. The van der Waals surface area contributed by atoms with Gasteiger partial charge in [-0.3, -0.25) is 0 Å². The highest BCUT2D eigenvalue weighted by molar-refractivity contribution is 7.89. The number of carbonyl (C=O) groups excluding carboxylic acids is 1. The number of sulfonamides is 1. The van der Waals surface area contributed by atoms with Gasteiger partial charge in [0.1, 0.15) is 11.0 Å². The number of halogens is 1. The van der Waals surface area contributed by atoms with E-state index in [1.54, 1.807) is 13.8 Å². The summed E-state index contributed by atoms with van der Waals surface area (Å²) in [5.41, 5.74) is 0.497. The van der Waals surface area contributed by atoms with Crippen molar-refractivity contribution < 1.29 is 22.7 Å². The van der Waals surface area contributed by atoms with Gasteiger partial charge in [-0.05, 0) is 38.5 Å². The molecular formula is C13H18ClNO5S. The quantitative estimate of drug-likeness (QED) is 0.801. The summed E-state index contributed by atoms with van der Waals surface area (Å²) < 4.78 is 33.2. The van der Waals surface area contributed by atoms with Crippen LogP contribution in [0.5, 0.6) is 0 Å². The largest absolute Gasteiger partial charge is 0.457 e. The van der Waals surface area contributed by atoms with Crippen LogP contribution < -0.4 is 5.14 Å². The fourth-order valence-corrected chi connectivity index (χ4v) is 2.76. The molecule has 0 spiro atoms. The summed E-state index contributed by atoms with van der Waals surface area (Å²) in [6.07, 6.45) is -0.452. The van der Waals surface area contributed by atoms with E-state index >= 15 is 0 Å². The summed E-state index contributed by atoms with van der Waals surface area (Å²) in [7, 11) is -4.02. The third kappa shape index (κ3) is 4.96. The molecule has 1 aromatic carbocycles. The predicted molar refractivity (Wildman–Crippen MR) is 78.9 cm³/mol. The number of rotatable bonds is 6. The molecule has 0 fully saturated rings. The van der Waals surface area contributed by atoms with Crippen LogP contribution in [0.4, 0.5) is 0 Å². The van der Waals surface area contributed by atoms with Crippen molar-refractivity contribution >= 4 is 27.6 Å². The fraction of sp³-hybridized carbons (Fsp3) is 0.462. The first-order valence-electron chi connectivity index (χ1n) is 6.28. The first kappa shape index (κ1) is 17.9. The van der Waals surface area contributed by atoms with Crippen LogP contribution in [0.1, 0.15) is 29.8 Å². The Morgan fingerprint density at radius 3 is 2.57 bits per heavy atom. The maximum absolute atomic E-state index is 12.0. The fourth-order valence-electron chi connectivity index (χ4n) is 1.63. The van der Waals surface area contributed by atoms with Crippen LogP contribution in [-0.4, -0.2) is 33.7 Å². The van der Waals surface area contributed by atoms with E-state index < -0.39 is 22.1 Å². The number of benzene rings is 1. The highest BCUT2D eigenvalue weighted by Gasteiger charge is 2.20. The van der Waals surface area contributed by atoms with Gasteiger partial charge in [0, 0.05) is 6.61 Å². The second-order valence-electron chi connectivity index (χ2n) is 4.53. The van der Waals surface area contributed by atoms with E-state index in [9.17, 15) is 13.2 Å². The highest BCUT2D eigenvalue weighted by Crippen LogP contribution is 2.26. The first-order valence-corrected chi connectivity index (χ1v) is 8.21. The SMILES string of the molecule is CCOCC(C)OC(=O)c1cc(C)c(Cl)c(S(N)(=O)=O)c1. The van der Waals surface area contributed by atoms with Crippen LogP contribution in [-0.2, 0) is 19.5 Å². The van der Waals surface area contributed by atoms with Crippen LogP contribution in [0.25, 0.3) is 0 Å². The lowest BCUT2D eigenvalue weighted by Crippen LogP contribution is -2.21. The number of aryl methyl sites for hydroxylation is 1. The van der Waals surface area contributed by atoms with Crippen molar-refractivity contribution in [3.8, 4) is 0 Å². The van der Waals surface area contributed by atoms with Crippen molar-refractivity contribution in [2.75, 3.05) is 13.2 Å². The van der Waals surface area contributed by atoms with Gasteiger partial charge in [-0.25, -0.2) is 18.4 Å². The zero-order valence-corrected chi connectivity index (χ0v) is 13.6. The van der Waals surface area contributed by atoms with Gasteiger partial charge in [0.25, 0.3) is 0 Å². The van der Waals surface area contributed by atoms with Gasteiger partial charge >= 0.3 is 5.97 Å². The maximum atomic E-state index is 12.0. The smallest absolute Gasteiger partial charge is 0.338 e. The number of esters is 1. The highest BCUT2D eigenvalue weighted by atomic mass is 35.5. The Morgan fingerprint density at radius 2 is 2.05 bits per heavy atom. The normalized spacial score (nSPS) is 13.0. The lowest BCUT2D eigenvalue weighted by Gasteiger charge is -2.14. The average molecular weight is 336 g/mol. The van der Waals surface area contributed by atoms with Crippen molar-refractivity contribution in [2.45, 2.75) is 31.8 Å². The summed E-state index contributed by atoms with van der Waals surface area (Å²) in [4.78, 5) is 11.7. The topological polar surface area (TPSA) is 95.7 Å². The van der Waals surface area contributed by atoms with E-state index in [4.69, 9.17) is 26.2 Å². The first-order chi connectivity index (χ1) is 9.66. The molecule has 0 saturated carbocycles. The van der Waals surface area contributed by atoms with Crippen molar-refractivity contribution in [1.82, 2.24) is 0 Å². The van der Waals surface area contributed by atoms with Gasteiger partial charge in [0.05, 0.1) is 17.2 Å². The number of hydrogen-bond donors (Lipinski definition) is 1. The second-order valence-corrected chi connectivity index (χ2v) is 6.43. The molecule has 118 valence electrons. The van der Waals surface area contributed by atoms with Gasteiger partial charge in [0.15, 0.2) is 0 Å². The van der Waals surface area contributed by atoms with Crippen LogP contribution in [0.3, 0.4) is 0 Å². The average Bonchev–Trinajstić information content (AvgIpc) is 2.37. The molecule has 0 saturated heterocycles. The lowest BCUT2D eigenvalue weighted by molar-refractivity contribution is 0.00436. The third-order valence-corrected chi connectivity index (χ3v) is 4.18. The molecule has 0 amide bonds. The van der Waals surface area contributed by atoms with Gasteiger partial charge in [-0.2, -0.15) is 0 Å². The van der Waals surface area contributed by atoms with Crippen LogP contribution >= 0.6 is 11.6 Å². The molecule has 0 aliphatic rings. The Hall–Kier alpha value is -1.15. The zero-order chi connectivity index (χ0) is 16.2. The summed E-state index contributed by atoms with van der Waals surface area (Å²) >= 11 is 5.90. The predicted octanol–water partition coefficient (Wildman–Crippen LogP) is 1.88. The number of nitrogens with two attached hydrogens (primary N) is 1. The van der Waals surface area contributed by atoms with Crippen LogP contribution in [0.15, 0.2) is 17.0 Å². The summed E-state index contributed by atoms with van der Waals surface area (Å²) in [5, 5.41) is 5.07. The molecule has 1 aromatic rings. The molecule has 21 heavy (non-hydrogen) atoms. The molecule has 6 nitrogen and oxygen atoms in total. The standard InChI is InChI=1S/C13H18ClNO5S/c1-4-19-7-9(3)20-13(16)10-5-8(2)12(14)11(6-10)21(15,17)18/h5-6,9H,4,7H2,1-3H3,(H2,15,17,18). The Morgan fingerprint density at radius 1 is 1.43 bits per heavy atom. The van der Waals surface area contributed by atoms with Crippen molar-refractivity contribution in [1.29, 1.82) is 0 Å². The van der Waals surface area contributed by atoms with E-state index in [0.717, 1.165) is 6.07 Å². The van der Waals surface area contributed by atoms with Gasteiger partial charge in [-0.1, -0.05) is 11.6 Å². The van der Waals surface area contributed by atoms with E-state index in [1.807, 2.05) is 6.92 Å². The number of primary sulfonamides is 1. The summed E-state index contributed by atoms with van der Waals surface area (Å²) in [6, 6.07) is 2.56. The summed E-state index contributed by atoms with van der Waals surface area (Å²) in [5.74, 6) is -0.660. The van der Waals surface area contributed by atoms with Crippen molar-refractivity contribution in [2.24, 2.45) is 5.14 Å². The molecule has 1 atom stereocenters. The van der Waals surface area contributed by atoms with E-state index in [2.05, 4.69) is 0 Å². The monoisotopic (exact) mass is 335 g/mol. The Balaban J connectivity index is 3.04. The molecule has 8 heteroatoms. The van der Waals surface area contributed by atoms with Crippen LogP contribution in [0, 0.1) is 6.92 Å². The Kier molecular flexibility index (Phi) is 6.15. The Labute approximate surface area is 129 Å². The van der Waals surface area contributed by atoms with Gasteiger partial charge < -0.3 is 9.47 Å². The van der Waals surface area contributed by atoms with Gasteiger partial charge in [-0.15, -0.1) is 0 Å². The van der Waals surface area contributed by atoms with E-state index in [0.29, 0.717) is 12.2 Å². The zero-order valence-electron chi connectivity index (χ0n) is 12.1. The molecule has 1 unspecified atom stereocenters.